The van der Waals surface area contributed by atoms with Crippen LogP contribution in [0.15, 0.2) is 24.3 Å². The summed E-state index contributed by atoms with van der Waals surface area (Å²) in [5, 5.41) is 0. The van der Waals surface area contributed by atoms with E-state index in [1.165, 1.54) is 37.1 Å². The van der Waals surface area contributed by atoms with Gasteiger partial charge >= 0.3 is 6.03 Å². The molecule has 1 aromatic carbocycles. The third kappa shape index (κ3) is 2.35. The van der Waals surface area contributed by atoms with Gasteiger partial charge in [-0.05, 0) is 44.3 Å². The van der Waals surface area contributed by atoms with Crippen molar-refractivity contribution in [2.75, 3.05) is 33.7 Å². The Bertz CT molecular complexity index is 589. The zero-order chi connectivity index (χ0) is 16.1. The fourth-order valence-corrected chi connectivity index (χ4v) is 5.01. The number of benzene rings is 1. The molecule has 4 aliphatic heterocycles. The molecule has 4 aliphatic rings. The molecular formula is C19H27N3O. The summed E-state index contributed by atoms with van der Waals surface area (Å²) in [5.41, 5.74) is 2.70. The number of piperidine rings is 3. The number of carbonyl (C=O) groups excluding carboxylic acids is 1. The molecule has 23 heavy (non-hydrogen) atoms. The highest BCUT2D eigenvalue weighted by molar-refractivity contribution is 5.75. The zero-order valence-corrected chi connectivity index (χ0v) is 14.4. The van der Waals surface area contributed by atoms with Crippen LogP contribution in [0, 0.1) is 12.8 Å². The lowest BCUT2D eigenvalue weighted by Gasteiger charge is -2.51. The van der Waals surface area contributed by atoms with E-state index in [1.807, 2.05) is 14.1 Å². The fourth-order valence-electron chi connectivity index (χ4n) is 5.01. The number of nitrogens with zero attached hydrogens (tertiary/aromatic N) is 3. The normalized spacial score (nSPS) is 35.3. The largest absolute Gasteiger partial charge is 0.331 e. The second-order valence-corrected chi connectivity index (χ2v) is 7.70. The number of aryl methyl sites for hydroxylation is 1. The lowest BCUT2D eigenvalue weighted by Crippen LogP contribution is -2.61. The molecule has 4 heterocycles. The Balaban J connectivity index is 1.70. The number of fused-ring (bicyclic) bond motifs is 2. The summed E-state index contributed by atoms with van der Waals surface area (Å²) in [5.74, 6) is 1.14. The van der Waals surface area contributed by atoms with Gasteiger partial charge in [0.25, 0.3) is 0 Å². The molecule has 0 unspecified atom stereocenters. The van der Waals surface area contributed by atoms with Gasteiger partial charge in [0, 0.05) is 32.6 Å². The Hall–Kier alpha value is -1.55. The van der Waals surface area contributed by atoms with Gasteiger partial charge in [0.2, 0.25) is 0 Å². The van der Waals surface area contributed by atoms with Crippen molar-refractivity contribution in [2.24, 2.45) is 5.92 Å². The van der Waals surface area contributed by atoms with Crippen LogP contribution in [0.1, 0.15) is 29.9 Å². The molecule has 4 nitrogen and oxygen atoms in total. The van der Waals surface area contributed by atoms with Crippen molar-refractivity contribution in [1.29, 1.82) is 0 Å². The minimum Gasteiger partial charge on any atom is -0.331 e. The standard InChI is InChI=1S/C19H27N3O/c1-13-4-6-14(7-5-13)16-12-22(19(23)20(2)3)17-15-8-10-21(11-9-15)18(16)17/h4-7,15-18H,8-12H2,1-3H3/t16-,17-,18-/m1/s1. The van der Waals surface area contributed by atoms with E-state index in [9.17, 15) is 4.79 Å². The number of hydrogen-bond donors (Lipinski definition) is 0. The predicted molar refractivity (Wildman–Crippen MR) is 91.6 cm³/mol. The van der Waals surface area contributed by atoms with Crippen molar-refractivity contribution in [3.8, 4) is 0 Å². The van der Waals surface area contributed by atoms with Crippen LogP contribution in [-0.4, -0.2) is 66.5 Å². The average molecular weight is 313 g/mol. The maximum absolute atomic E-state index is 12.7. The monoisotopic (exact) mass is 313 g/mol. The molecule has 3 atom stereocenters. The molecular weight excluding hydrogens is 286 g/mol. The van der Waals surface area contributed by atoms with Crippen molar-refractivity contribution in [1.82, 2.24) is 14.7 Å². The summed E-state index contributed by atoms with van der Waals surface area (Å²) in [7, 11) is 3.75. The first kappa shape index (κ1) is 15.0. The second-order valence-electron chi connectivity index (χ2n) is 7.70. The van der Waals surface area contributed by atoms with Crippen molar-refractivity contribution >= 4 is 6.03 Å². The van der Waals surface area contributed by atoms with E-state index < -0.39 is 0 Å². The molecule has 0 saturated carbocycles. The molecule has 5 rings (SSSR count). The molecule has 1 aromatic rings. The van der Waals surface area contributed by atoms with E-state index >= 15 is 0 Å². The topological polar surface area (TPSA) is 26.8 Å². The summed E-state index contributed by atoms with van der Waals surface area (Å²) in [6.45, 7) is 5.41. The number of hydrogen-bond acceptors (Lipinski definition) is 2. The highest BCUT2D eigenvalue weighted by Crippen LogP contribution is 2.46. The summed E-state index contributed by atoms with van der Waals surface area (Å²) >= 11 is 0. The molecule has 4 saturated heterocycles. The van der Waals surface area contributed by atoms with Crippen LogP contribution in [0.4, 0.5) is 4.79 Å². The lowest BCUT2D eigenvalue weighted by molar-refractivity contribution is 0.000905. The zero-order valence-electron chi connectivity index (χ0n) is 14.4. The molecule has 0 radical (unpaired) electrons. The summed E-state index contributed by atoms with van der Waals surface area (Å²) < 4.78 is 0. The van der Waals surface area contributed by atoms with Gasteiger partial charge in [-0.15, -0.1) is 0 Å². The Kier molecular flexibility index (Phi) is 3.60. The molecule has 4 heteroatoms. The van der Waals surface area contributed by atoms with E-state index in [4.69, 9.17) is 0 Å². The van der Waals surface area contributed by atoms with Crippen LogP contribution >= 0.6 is 0 Å². The van der Waals surface area contributed by atoms with E-state index in [1.54, 1.807) is 4.90 Å². The van der Waals surface area contributed by atoms with Crippen molar-refractivity contribution < 1.29 is 4.79 Å². The van der Waals surface area contributed by atoms with Crippen molar-refractivity contribution in [3.63, 3.8) is 0 Å². The molecule has 4 fully saturated rings. The average Bonchev–Trinajstić information content (AvgIpc) is 2.98. The Morgan fingerprint density at radius 2 is 1.74 bits per heavy atom. The van der Waals surface area contributed by atoms with Gasteiger partial charge in [-0.25, -0.2) is 4.79 Å². The summed E-state index contributed by atoms with van der Waals surface area (Å²) in [6.07, 6.45) is 2.50. The first-order chi connectivity index (χ1) is 11.1. The maximum atomic E-state index is 12.7. The Morgan fingerprint density at radius 1 is 1.09 bits per heavy atom. The van der Waals surface area contributed by atoms with E-state index in [0.717, 1.165) is 6.54 Å². The third-order valence-corrected chi connectivity index (χ3v) is 6.13. The minimum absolute atomic E-state index is 0.184. The highest BCUT2D eigenvalue weighted by Gasteiger charge is 2.54. The molecule has 2 amide bonds. The molecule has 124 valence electrons. The number of carbonyl (C=O) groups is 1. The second kappa shape index (κ2) is 5.52. The molecule has 0 N–H and O–H groups in total. The van der Waals surface area contributed by atoms with Crippen molar-refractivity contribution in [3.05, 3.63) is 35.4 Å². The Labute approximate surface area is 139 Å². The van der Waals surface area contributed by atoms with Crippen LogP contribution in [0.2, 0.25) is 0 Å². The molecule has 2 bridgehead atoms. The SMILES string of the molecule is Cc1ccc([C@H]2CN(C(=O)N(C)C)[C@@H]3C4CCN(CC4)[C@H]23)cc1. The van der Waals surface area contributed by atoms with Gasteiger partial charge in [0.1, 0.15) is 0 Å². The third-order valence-electron chi connectivity index (χ3n) is 6.13. The number of amides is 2. The van der Waals surface area contributed by atoms with Gasteiger partial charge in [-0.1, -0.05) is 29.8 Å². The van der Waals surface area contributed by atoms with Crippen LogP contribution in [-0.2, 0) is 0 Å². The quantitative estimate of drug-likeness (QED) is 0.796. The van der Waals surface area contributed by atoms with Gasteiger partial charge in [-0.3, -0.25) is 4.90 Å². The fraction of sp³-hybridized carbons (Fsp3) is 0.632. The first-order valence-corrected chi connectivity index (χ1v) is 8.85. The van der Waals surface area contributed by atoms with Crippen LogP contribution in [0.5, 0.6) is 0 Å². The molecule has 0 spiro atoms. The summed E-state index contributed by atoms with van der Waals surface area (Å²) in [4.78, 5) is 19.3. The number of likely N-dealkylation sites (tertiary alicyclic amines) is 1. The van der Waals surface area contributed by atoms with Crippen LogP contribution < -0.4 is 0 Å². The molecule has 0 aliphatic carbocycles. The van der Waals surface area contributed by atoms with E-state index in [0.29, 0.717) is 23.9 Å². The van der Waals surface area contributed by atoms with Gasteiger partial charge in [0.15, 0.2) is 0 Å². The number of rotatable bonds is 1. The van der Waals surface area contributed by atoms with Crippen molar-refractivity contribution in [2.45, 2.75) is 37.8 Å². The lowest BCUT2D eigenvalue weighted by atomic mass is 9.75. The highest BCUT2D eigenvalue weighted by atomic mass is 16.2. The van der Waals surface area contributed by atoms with Gasteiger partial charge in [-0.2, -0.15) is 0 Å². The van der Waals surface area contributed by atoms with E-state index in [2.05, 4.69) is 41.0 Å². The van der Waals surface area contributed by atoms with Crippen LogP contribution in [0.3, 0.4) is 0 Å². The first-order valence-electron chi connectivity index (χ1n) is 8.85. The molecule has 0 aromatic heterocycles. The predicted octanol–water partition coefficient (Wildman–Crippen LogP) is 2.54. The van der Waals surface area contributed by atoms with E-state index in [-0.39, 0.29) is 6.03 Å². The maximum Gasteiger partial charge on any atom is 0.319 e. The van der Waals surface area contributed by atoms with Crippen LogP contribution in [0.25, 0.3) is 0 Å². The minimum atomic E-state index is 0.184. The van der Waals surface area contributed by atoms with Gasteiger partial charge in [0.05, 0.1) is 6.04 Å². The smallest absolute Gasteiger partial charge is 0.319 e. The number of urea groups is 1. The van der Waals surface area contributed by atoms with Gasteiger partial charge < -0.3 is 9.80 Å². The Morgan fingerprint density at radius 3 is 2.35 bits per heavy atom. The summed E-state index contributed by atoms with van der Waals surface area (Å²) in [6, 6.07) is 10.0.